The summed E-state index contributed by atoms with van der Waals surface area (Å²) in [6, 6.07) is 12.6. The van der Waals surface area contributed by atoms with Gasteiger partial charge in [-0.1, -0.05) is 29.8 Å². The van der Waals surface area contributed by atoms with Crippen LogP contribution >= 0.6 is 11.6 Å². The van der Waals surface area contributed by atoms with Crippen molar-refractivity contribution in [1.29, 1.82) is 0 Å². The predicted molar refractivity (Wildman–Crippen MR) is 132 cm³/mol. The number of hydrogen-bond donors (Lipinski definition) is 1. The first-order valence-corrected chi connectivity index (χ1v) is 11.9. The van der Waals surface area contributed by atoms with Crippen LogP contribution in [0.1, 0.15) is 47.2 Å². The first-order chi connectivity index (χ1) is 16.1. The van der Waals surface area contributed by atoms with Gasteiger partial charge >= 0.3 is 0 Å². The van der Waals surface area contributed by atoms with Crippen molar-refractivity contribution in [3.63, 3.8) is 0 Å². The molecule has 1 N–H and O–H groups in total. The lowest BCUT2D eigenvalue weighted by Gasteiger charge is -2.17. The molecule has 2 aliphatic rings. The molecule has 0 unspecified atom stereocenters. The molecule has 0 spiro atoms. The normalized spacial score (nSPS) is 18.1. The van der Waals surface area contributed by atoms with E-state index in [-0.39, 0.29) is 6.10 Å². The Morgan fingerprint density at radius 3 is 2.70 bits per heavy atom. The van der Waals surface area contributed by atoms with Crippen LogP contribution in [-0.2, 0) is 6.42 Å². The Balaban J connectivity index is 1.62. The highest BCUT2D eigenvalue weighted by molar-refractivity contribution is 6.31. The topological polar surface area (TPSA) is 56.3 Å². The number of aromatic nitrogens is 2. The SMILES string of the molecule is COc1ccc2c(c1)CCCC(c1ccc(Cl)c(C)c1)=C2c1cnc(O[C@H]2CCNC2)cn1. The minimum atomic E-state index is 0.156. The molecule has 1 aromatic heterocycles. The fourth-order valence-corrected chi connectivity index (χ4v) is 4.83. The summed E-state index contributed by atoms with van der Waals surface area (Å²) in [6.07, 6.45) is 7.71. The number of nitrogens with one attached hydrogen (secondary N) is 1. The average Bonchev–Trinajstić information content (AvgIpc) is 3.27. The highest BCUT2D eigenvalue weighted by atomic mass is 35.5. The molecule has 2 heterocycles. The van der Waals surface area contributed by atoms with Crippen LogP contribution in [-0.4, -0.2) is 36.3 Å². The molecule has 1 saturated heterocycles. The molecule has 170 valence electrons. The summed E-state index contributed by atoms with van der Waals surface area (Å²) in [6.45, 7) is 3.88. The molecule has 1 fully saturated rings. The molecule has 5 rings (SSSR count). The second-order valence-corrected chi connectivity index (χ2v) is 9.07. The third-order valence-electron chi connectivity index (χ3n) is 6.45. The number of allylic oxidation sites excluding steroid dienone is 1. The van der Waals surface area contributed by atoms with E-state index in [2.05, 4.69) is 34.6 Å². The minimum Gasteiger partial charge on any atom is -0.497 e. The average molecular weight is 462 g/mol. The fourth-order valence-electron chi connectivity index (χ4n) is 4.71. The van der Waals surface area contributed by atoms with E-state index in [4.69, 9.17) is 26.1 Å². The second kappa shape index (κ2) is 9.54. The molecule has 0 saturated carbocycles. The van der Waals surface area contributed by atoms with Gasteiger partial charge in [0, 0.05) is 17.1 Å². The molecule has 0 amide bonds. The first-order valence-electron chi connectivity index (χ1n) is 11.5. The molecule has 1 atom stereocenters. The van der Waals surface area contributed by atoms with Crippen LogP contribution in [0.5, 0.6) is 11.6 Å². The molecular formula is C27H28ClN3O2. The molecule has 1 aliphatic heterocycles. The number of benzene rings is 2. The molecular weight excluding hydrogens is 434 g/mol. The van der Waals surface area contributed by atoms with Gasteiger partial charge in [-0.25, -0.2) is 9.97 Å². The number of ether oxygens (including phenoxy) is 2. The number of fused-ring (bicyclic) bond motifs is 1. The standard InChI is InChI=1S/C27H28ClN3O2/c1-17-12-19(6-9-24(17)28)22-5-3-4-18-13-20(32-2)7-8-23(18)27(22)25-15-31-26(16-30-25)33-21-10-11-29-14-21/h6-9,12-13,15-16,21,29H,3-5,10-11,14H2,1-2H3/t21-/m0/s1. The van der Waals surface area contributed by atoms with Gasteiger partial charge in [0.2, 0.25) is 5.88 Å². The Morgan fingerprint density at radius 2 is 1.97 bits per heavy atom. The summed E-state index contributed by atoms with van der Waals surface area (Å²) in [7, 11) is 1.71. The molecule has 3 aromatic rings. The van der Waals surface area contributed by atoms with Gasteiger partial charge in [0.05, 0.1) is 25.2 Å². The van der Waals surface area contributed by atoms with Crippen molar-refractivity contribution in [3.05, 3.63) is 81.8 Å². The monoisotopic (exact) mass is 461 g/mol. The largest absolute Gasteiger partial charge is 0.497 e. The lowest BCUT2D eigenvalue weighted by molar-refractivity contribution is 0.213. The number of halogens is 1. The number of hydrogen-bond acceptors (Lipinski definition) is 5. The van der Waals surface area contributed by atoms with Crippen molar-refractivity contribution in [3.8, 4) is 11.6 Å². The Morgan fingerprint density at radius 1 is 1.06 bits per heavy atom. The third-order valence-corrected chi connectivity index (χ3v) is 6.87. The number of nitrogens with zero attached hydrogens (tertiary/aromatic N) is 2. The van der Waals surface area contributed by atoms with Crippen LogP contribution in [0.15, 0.2) is 48.8 Å². The van der Waals surface area contributed by atoms with Crippen LogP contribution in [0.4, 0.5) is 0 Å². The summed E-state index contributed by atoms with van der Waals surface area (Å²) in [5, 5.41) is 4.10. The van der Waals surface area contributed by atoms with Gasteiger partial charge in [0.25, 0.3) is 0 Å². The highest BCUT2D eigenvalue weighted by Gasteiger charge is 2.23. The van der Waals surface area contributed by atoms with Gasteiger partial charge in [0.15, 0.2) is 0 Å². The van der Waals surface area contributed by atoms with Crippen molar-refractivity contribution in [2.45, 2.75) is 38.7 Å². The van der Waals surface area contributed by atoms with E-state index >= 15 is 0 Å². The van der Waals surface area contributed by atoms with E-state index in [1.54, 1.807) is 13.3 Å². The molecule has 33 heavy (non-hydrogen) atoms. The van der Waals surface area contributed by atoms with E-state index in [0.29, 0.717) is 5.88 Å². The smallest absolute Gasteiger partial charge is 0.232 e. The molecule has 1 aliphatic carbocycles. The number of rotatable bonds is 5. The summed E-state index contributed by atoms with van der Waals surface area (Å²) in [5.41, 5.74) is 7.93. The quantitative estimate of drug-likeness (QED) is 0.545. The van der Waals surface area contributed by atoms with Crippen molar-refractivity contribution in [2.75, 3.05) is 20.2 Å². The van der Waals surface area contributed by atoms with Crippen LogP contribution < -0.4 is 14.8 Å². The van der Waals surface area contributed by atoms with Crippen molar-refractivity contribution in [1.82, 2.24) is 15.3 Å². The van der Waals surface area contributed by atoms with E-state index in [1.165, 1.54) is 22.3 Å². The third kappa shape index (κ3) is 4.61. The summed E-state index contributed by atoms with van der Waals surface area (Å²) in [5.74, 6) is 1.44. The molecule has 0 radical (unpaired) electrons. The maximum Gasteiger partial charge on any atom is 0.232 e. The number of aryl methyl sites for hydroxylation is 2. The zero-order valence-electron chi connectivity index (χ0n) is 19.0. The van der Waals surface area contributed by atoms with Crippen molar-refractivity contribution in [2.24, 2.45) is 0 Å². The zero-order valence-corrected chi connectivity index (χ0v) is 19.8. The van der Waals surface area contributed by atoms with Crippen LogP contribution in [0, 0.1) is 6.92 Å². The molecule has 6 heteroatoms. The van der Waals surface area contributed by atoms with E-state index in [1.807, 2.05) is 25.3 Å². The van der Waals surface area contributed by atoms with Gasteiger partial charge in [-0.3, -0.25) is 0 Å². The Hall–Kier alpha value is -2.89. The lowest BCUT2D eigenvalue weighted by atomic mass is 9.90. The maximum atomic E-state index is 6.34. The molecule has 2 aromatic carbocycles. The summed E-state index contributed by atoms with van der Waals surface area (Å²) < 4.78 is 11.5. The second-order valence-electron chi connectivity index (χ2n) is 8.67. The fraction of sp³-hybridized carbons (Fsp3) is 0.333. The van der Waals surface area contributed by atoms with Gasteiger partial charge in [-0.2, -0.15) is 0 Å². The van der Waals surface area contributed by atoms with Gasteiger partial charge < -0.3 is 14.8 Å². The Kier molecular flexibility index (Phi) is 6.34. The molecule has 0 bridgehead atoms. The molecule has 5 nitrogen and oxygen atoms in total. The van der Waals surface area contributed by atoms with Gasteiger partial charge in [0.1, 0.15) is 11.9 Å². The number of methoxy groups -OCH3 is 1. The van der Waals surface area contributed by atoms with E-state index in [9.17, 15) is 0 Å². The van der Waals surface area contributed by atoms with Crippen LogP contribution in [0.3, 0.4) is 0 Å². The van der Waals surface area contributed by atoms with E-state index < -0.39 is 0 Å². The lowest BCUT2D eigenvalue weighted by Crippen LogP contribution is -2.20. The van der Waals surface area contributed by atoms with Gasteiger partial charge in [-0.15, -0.1) is 0 Å². The highest BCUT2D eigenvalue weighted by Crippen LogP contribution is 2.40. The van der Waals surface area contributed by atoms with E-state index in [0.717, 1.165) is 66.4 Å². The Labute approximate surface area is 199 Å². The van der Waals surface area contributed by atoms with Crippen LogP contribution in [0.2, 0.25) is 5.02 Å². The van der Waals surface area contributed by atoms with Crippen molar-refractivity contribution >= 4 is 22.7 Å². The van der Waals surface area contributed by atoms with Gasteiger partial charge in [-0.05, 0) is 85.2 Å². The van der Waals surface area contributed by atoms with Crippen molar-refractivity contribution < 1.29 is 9.47 Å². The first kappa shape index (κ1) is 21.9. The maximum absolute atomic E-state index is 6.34. The predicted octanol–water partition coefficient (Wildman–Crippen LogP) is 5.48. The summed E-state index contributed by atoms with van der Waals surface area (Å²) in [4.78, 5) is 9.44. The van der Waals surface area contributed by atoms with Crippen LogP contribution in [0.25, 0.3) is 11.1 Å². The zero-order chi connectivity index (χ0) is 22.8. The minimum absolute atomic E-state index is 0.156. The summed E-state index contributed by atoms with van der Waals surface area (Å²) >= 11 is 6.34. The Bertz CT molecular complexity index is 1180.